The van der Waals surface area contributed by atoms with Crippen LogP contribution >= 0.6 is 0 Å². The second kappa shape index (κ2) is 6.76. The maximum absolute atomic E-state index is 12.2. The fourth-order valence-electron chi connectivity index (χ4n) is 2.39. The summed E-state index contributed by atoms with van der Waals surface area (Å²) in [6.45, 7) is 3.29. The lowest BCUT2D eigenvalue weighted by Gasteiger charge is -2.34. The van der Waals surface area contributed by atoms with Crippen molar-refractivity contribution in [2.45, 2.75) is 30.4 Å². The Morgan fingerprint density at radius 2 is 2.05 bits per heavy atom. The van der Waals surface area contributed by atoms with Crippen LogP contribution in [-0.4, -0.2) is 51.2 Å². The third kappa shape index (κ3) is 3.85. The summed E-state index contributed by atoms with van der Waals surface area (Å²) in [6, 6.07) is 6.11. The van der Waals surface area contributed by atoms with E-state index in [1.165, 1.54) is 6.26 Å². The van der Waals surface area contributed by atoms with Gasteiger partial charge in [-0.1, -0.05) is 19.1 Å². The fourth-order valence-corrected chi connectivity index (χ4v) is 3.02. The Morgan fingerprint density at radius 1 is 1.41 bits per heavy atom. The van der Waals surface area contributed by atoms with Crippen molar-refractivity contribution in [2.75, 3.05) is 26.0 Å². The number of hydrogen-bond donors (Lipinski definition) is 1. The van der Waals surface area contributed by atoms with E-state index in [4.69, 9.17) is 10.5 Å². The van der Waals surface area contributed by atoms with Gasteiger partial charge in [0.05, 0.1) is 24.1 Å². The molecule has 1 fully saturated rings. The first-order valence-corrected chi connectivity index (χ1v) is 9.18. The van der Waals surface area contributed by atoms with Crippen LogP contribution in [0.5, 0.6) is 0 Å². The van der Waals surface area contributed by atoms with Crippen molar-refractivity contribution in [3.05, 3.63) is 29.8 Å². The molecule has 2 N–H and O–H groups in total. The molecule has 0 aliphatic carbocycles. The Hall–Kier alpha value is -1.44. The number of hydrogen-bond acceptors (Lipinski definition) is 5. The lowest BCUT2D eigenvalue weighted by atomic mass is 10.1. The molecule has 7 heteroatoms. The largest absolute Gasteiger partial charge is 0.370 e. The Kier molecular flexibility index (Phi) is 5.20. The molecule has 0 aromatic heterocycles. The normalized spacial score (nSPS) is 20.7. The highest BCUT2D eigenvalue weighted by atomic mass is 32.2. The number of amides is 1. The van der Waals surface area contributed by atoms with E-state index in [0.29, 0.717) is 26.1 Å². The van der Waals surface area contributed by atoms with E-state index >= 15 is 0 Å². The molecule has 1 aromatic rings. The summed E-state index contributed by atoms with van der Waals surface area (Å²) in [5, 5.41) is 0. The molecule has 0 spiro atoms. The highest BCUT2D eigenvalue weighted by Gasteiger charge is 2.27. The molecule has 1 heterocycles. The van der Waals surface area contributed by atoms with Gasteiger partial charge in [-0.05, 0) is 24.1 Å². The van der Waals surface area contributed by atoms with Gasteiger partial charge in [0.25, 0.3) is 0 Å². The van der Waals surface area contributed by atoms with Gasteiger partial charge in [0.2, 0.25) is 5.91 Å². The zero-order valence-corrected chi connectivity index (χ0v) is 13.7. The molecular formula is C15H22N2O4S. The van der Waals surface area contributed by atoms with Gasteiger partial charge in [0, 0.05) is 12.8 Å². The van der Waals surface area contributed by atoms with E-state index in [2.05, 4.69) is 0 Å². The molecule has 0 bridgehead atoms. The average Bonchev–Trinajstić information content (AvgIpc) is 2.53. The van der Waals surface area contributed by atoms with Crippen LogP contribution in [0.1, 0.15) is 25.0 Å². The van der Waals surface area contributed by atoms with Crippen LogP contribution in [0.25, 0.3) is 0 Å². The lowest BCUT2D eigenvalue weighted by Crippen LogP contribution is -2.49. The van der Waals surface area contributed by atoms with E-state index < -0.39 is 15.9 Å². The van der Waals surface area contributed by atoms with Gasteiger partial charge in [0.1, 0.15) is 6.10 Å². The van der Waals surface area contributed by atoms with Crippen molar-refractivity contribution in [3.63, 3.8) is 0 Å². The van der Waals surface area contributed by atoms with E-state index in [-0.39, 0.29) is 16.9 Å². The summed E-state index contributed by atoms with van der Waals surface area (Å²) in [5.74, 6) is -0.0662. The summed E-state index contributed by atoms with van der Waals surface area (Å²) in [6.07, 6.45) is 1.52. The number of ether oxygens (including phenoxy) is 1. The van der Waals surface area contributed by atoms with Gasteiger partial charge in [-0.25, -0.2) is 8.42 Å². The molecule has 0 saturated carbocycles. The zero-order valence-electron chi connectivity index (χ0n) is 12.9. The Morgan fingerprint density at radius 3 is 2.59 bits per heavy atom. The quantitative estimate of drug-likeness (QED) is 0.881. The number of rotatable bonds is 4. The maximum Gasteiger partial charge on any atom is 0.239 e. The molecular weight excluding hydrogens is 304 g/mol. The van der Waals surface area contributed by atoms with Gasteiger partial charge < -0.3 is 15.4 Å². The van der Waals surface area contributed by atoms with E-state index in [1.54, 1.807) is 29.2 Å². The smallest absolute Gasteiger partial charge is 0.239 e. The number of nitrogens with two attached hydrogens (primary N) is 1. The van der Waals surface area contributed by atoms with Crippen molar-refractivity contribution in [2.24, 2.45) is 5.73 Å². The van der Waals surface area contributed by atoms with Crippen LogP contribution in [0.4, 0.5) is 0 Å². The highest BCUT2D eigenvalue weighted by molar-refractivity contribution is 7.90. The minimum Gasteiger partial charge on any atom is -0.370 e. The Bertz CT molecular complexity index is 627. The number of carbonyl (C=O) groups is 1. The van der Waals surface area contributed by atoms with Gasteiger partial charge >= 0.3 is 0 Å². The number of morpholine rings is 1. The number of benzene rings is 1. The maximum atomic E-state index is 12.2. The number of carbonyl (C=O) groups excluding carboxylic acids is 1. The third-order valence-electron chi connectivity index (χ3n) is 3.82. The highest BCUT2D eigenvalue weighted by Crippen LogP contribution is 2.24. The molecule has 6 nitrogen and oxygen atoms in total. The predicted molar refractivity (Wildman–Crippen MR) is 83.1 cm³/mol. The van der Waals surface area contributed by atoms with E-state index in [0.717, 1.165) is 5.56 Å². The van der Waals surface area contributed by atoms with Crippen molar-refractivity contribution >= 4 is 15.7 Å². The second-order valence-corrected chi connectivity index (χ2v) is 7.52. The van der Waals surface area contributed by atoms with E-state index in [9.17, 15) is 13.2 Å². The van der Waals surface area contributed by atoms with Gasteiger partial charge in [-0.3, -0.25) is 4.79 Å². The molecule has 1 amide bonds. The SMILES string of the molecule is CC[C@@H](N)C(=O)N1CCOC(c2ccc(S(C)(=O)=O)cc2)C1. The van der Waals surface area contributed by atoms with Gasteiger partial charge in [0.15, 0.2) is 9.84 Å². The fraction of sp³-hybridized carbons (Fsp3) is 0.533. The van der Waals surface area contributed by atoms with Crippen LogP contribution in [-0.2, 0) is 19.4 Å². The van der Waals surface area contributed by atoms with Crippen molar-refractivity contribution in [3.8, 4) is 0 Å². The van der Waals surface area contributed by atoms with Crippen molar-refractivity contribution < 1.29 is 17.9 Å². The monoisotopic (exact) mass is 326 g/mol. The Labute approximate surface area is 131 Å². The Balaban J connectivity index is 2.11. The minimum atomic E-state index is -3.21. The number of nitrogens with zero attached hydrogens (tertiary/aromatic N) is 1. The van der Waals surface area contributed by atoms with Gasteiger partial charge in [-0.2, -0.15) is 0 Å². The molecule has 2 atom stereocenters. The van der Waals surface area contributed by atoms with E-state index in [1.807, 2.05) is 6.92 Å². The molecule has 2 rings (SSSR count). The van der Waals surface area contributed by atoms with Gasteiger partial charge in [-0.15, -0.1) is 0 Å². The zero-order chi connectivity index (χ0) is 16.3. The van der Waals surface area contributed by atoms with Crippen molar-refractivity contribution in [1.82, 2.24) is 4.90 Å². The second-order valence-electron chi connectivity index (χ2n) is 5.50. The molecule has 22 heavy (non-hydrogen) atoms. The topological polar surface area (TPSA) is 89.7 Å². The minimum absolute atomic E-state index is 0.0662. The molecule has 1 unspecified atom stereocenters. The molecule has 0 radical (unpaired) electrons. The molecule has 1 aromatic carbocycles. The van der Waals surface area contributed by atoms with Crippen LogP contribution in [0, 0.1) is 0 Å². The summed E-state index contributed by atoms with van der Waals surface area (Å²) < 4.78 is 28.6. The molecule has 1 aliphatic heterocycles. The molecule has 1 saturated heterocycles. The van der Waals surface area contributed by atoms with Crippen molar-refractivity contribution in [1.29, 1.82) is 0 Å². The first-order valence-electron chi connectivity index (χ1n) is 7.29. The average molecular weight is 326 g/mol. The standard InChI is InChI=1S/C15H22N2O4S/c1-3-13(16)15(18)17-8-9-21-14(10-17)11-4-6-12(7-5-11)22(2,19)20/h4-7,13-14H,3,8-10,16H2,1-2H3/t13-,14?/m1/s1. The predicted octanol–water partition coefficient (Wildman–Crippen LogP) is 0.727. The van der Waals surface area contributed by atoms with Crippen LogP contribution in [0.3, 0.4) is 0 Å². The summed E-state index contributed by atoms with van der Waals surface area (Å²) in [5.41, 5.74) is 6.66. The summed E-state index contributed by atoms with van der Waals surface area (Å²) >= 11 is 0. The molecule has 122 valence electrons. The lowest BCUT2D eigenvalue weighted by molar-refractivity contribution is -0.140. The summed E-state index contributed by atoms with van der Waals surface area (Å²) in [7, 11) is -3.21. The number of sulfone groups is 1. The molecule has 1 aliphatic rings. The summed E-state index contributed by atoms with van der Waals surface area (Å²) in [4.78, 5) is 14.1. The first kappa shape index (κ1) is 16.9. The van der Waals surface area contributed by atoms with Crippen LogP contribution in [0.2, 0.25) is 0 Å². The van der Waals surface area contributed by atoms with Crippen LogP contribution < -0.4 is 5.73 Å². The first-order chi connectivity index (χ1) is 10.3. The van der Waals surface area contributed by atoms with Crippen LogP contribution in [0.15, 0.2) is 29.2 Å². The third-order valence-corrected chi connectivity index (χ3v) is 4.94.